The highest BCUT2D eigenvalue weighted by Crippen LogP contribution is 2.33. The highest BCUT2D eigenvalue weighted by molar-refractivity contribution is 7.99. The van der Waals surface area contributed by atoms with Gasteiger partial charge in [-0.2, -0.15) is 0 Å². The van der Waals surface area contributed by atoms with E-state index in [0.717, 1.165) is 43.3 Å². The summed E-state index contributed by atoms with van der Waals surface area (Å²) < 4.78 is 7.62. The van der Waals surface area contributed by atoms with Crippen LogP contribution in [0.15, 0.2) is 52.2 Å². The molecule has 0 aliphatic carbocycles. The second-order valence-electron chi connectivity index (χ2n) is 8.67. The zero-order chi connectivity index (χ0) is 23.5. The number of piperidine rings is 1. The Balaban J connectivity index is 1.38. The molecule has 0 radical (unpaired) electrons. The van der Waals surface area contributed by atoms with Crippen molar-refractivity contribution >= 4 is 40.9 Å². The van der Waals surface area contributed by atoms with Crippen LogP contribution in [0.2, 0.25) is 0 Å². The molecule has 0 spiro atoms. The first-order valence-electron chi connectivity index (χ1n) is 11.6. The molecule has 1 fully saturated rings. The van der Waals surface area contributed by atoms with Gasteiger partial charge in [0.1, 0.15) is 5.76 Å². The summed E-state index contributed by atoms with van der Waals surface area (Å²) in [7, 11) is 0. The van der Waals surface area contributed by atoms with Crippen LogP contribution in [0, 0.1) is 0 Å². The fourth-order valence-electron chi connectivity index (χ4n) is 4.58. The van der Waals surface area contributed by atoms with Gasteiger partial charge in [0.2, 0.25) is 17.8 Å². The predicted molar refractivity (Wildman–Crippen MR) is 131 cm³/mol. The lowest BCUT2D eigenvalue weighted by molar-refractivity contribution is -0.117. The normalized spacial score (nSPS) is 18.4. The average molecular weight is 481 g/mol. The van der Waals surface area contributed by atoms with E-state index in [0.29, 0.717) is 17.4 Å². The third kappa shape index (κ3) is 4.68. The minimum Gasteiger partial charge on any atom is -0.467 e. The molecule has 1 unspecified atom stereocenters. The molecule has 2 amide bonds. The van der Waals surface area contributed by atoms with Crippen LogP contribution in [0.3, 0.4) is 0 Å². The SMILES string of the molecule is CC1CC(=O)Nc2ccccc2N1C(=O)CSc1nnc(N2CCCCC2)n1Cc1ccco1. The second-order valence-corrected chi connectivity index (χ2v) is 9.61. The molecule has 1 aromatic carbocycles. The van der Waals surface area contributed by atoms with E-state index < -0.39 is 0 Å². The van der Waals surface area contributed by atoms with Crippen LogP contribution in [-0.2, 0) is 16.1 Å². The molecule has 2 aromatic heterocycles. The summed E-state index contributed by atoms with van der Waals surface area (Å²) in [6, 6.07) is 11.0. The maximum absolute atomic E-state index is 13.4. The molecular weight excluding hydrogens is 452 g/mol. The third-order valence-corrected chi connectivity index (χ3v) is 7.13. The molecule has 0 saturated carbocycles. The van der Waals surface area contributed by atoms with Crippen molar-refractivity contribution < 1.29 is 14.0 Å². The van der Waals surface area contributed by atoms with Crippen LogP contribution in [0.5, 0.6) is 0 Å². The number of para-hydroxylation sites is 2. The summed E-state index contributed by atoms with van der Waals surface area (Å²) in [5.41, 5.74) is 1.38. The van der Waals surface area contributed by atoms with Crippen LogP contribution in [0.1, 0.15) is 38.4 Å². The number of carbonyl (C=O) groups is 2. The highest BCUT2D eigenvalue weighted by Gasteiger charge is 2.30. The molecule has 5 rings (SSSR count). The Bertz CT molecular complexity index is 1160. The number of carbonyl (C=O) groups excluding carboxylic acids is 2. The second kappa shape index (κ2) is 9.92. The molecule has 178 valence electrons. The quantitative estimate of drug-likeness (QED) is 0.537. The van der Waals surface area contributed by atoms with Crippen LogP contribution in [0.25, 0.3) is 0 Å². The molecular formula is C24H28N6O3S. The van der Waals surface area contributed by atoms with Crippen molar-refractivity contribution in [1.29, 1.82) is 0 Å². The van der Waals surface area contributed by atoms with Gasteiger partial charge in [-0.05, 0) is 50.5 Å². The highest BCUT2D eigenvalue weighted by atomic mass is 32.2. The number of nitrogens with one attached hydrogen (secondary N) is 1. The van der Waals surface area contributed by atoms with Crippen LogP contribution in [0.4, 0.5) is 17.3 Å². The van der Waals surface area contributed by atoms with Crippen molar-refractivity contribution in [3.8, 4) is 0 Å². The monoisotopic (exact) mass is 480 g/mol. The molecule has 0 bridgehead atoms. The summed E-state index contributed by atoms with van der Waals surface area (Å²) in [6.07, 6.45) is 5.40. The van der Waals surface area contributed by atoms with E-state index in [1.807, 2.05) is 47.9 Å². The van der Waals surface area contributed by atoms with E-state index in [4.69, 9.17) is 4.42 Å². The first-order chi connectivity index (χ1) is 16.6. The summed E-state index contributed by atoms with van der Waals surface area (Å²) in [4.78, 5) is 29.7. The van der Waals surface area contributed by atoms with Gasteiger partial charge in [-0.3, -0.25) is 14.2 Å². The van der Waals surface area contributed by atoms with E-state index >= 15 is 0 Å². The average Bonchev–Trinajstić information content (AvgIpc) is 3.47. The van der Waals surface area contributed by atoms with Gasteiger partial charge in [0.05, 0.1) is 29.9 Å². The smallest absolute Gasteiger partial charge is 0.237 e. The molecule has 9 nitrogen and oxygen atoms in total. The molecule has 1 N–H and O–H groups in total. The number of nitrogens with zero attached hydrogens (tertiary/aromatic N) is 5. The lowest BCUT2D eigenvalue weighted by Gasteiger charge is -2.28. The van der Waals surface area contributed by atoms with Gasteiger partial charge in [-0.15, -0.1) is 10.2 Å². The van der Waals surface area contributed by atoms with Crippen LogP contribution >= 0.6 is 11.8 Å². The fraction of sp³-hybridized carbons (Fsp3) is 0.417. The molecule has 1 saturated heterocycles. The number of thioether (sulfide) groups is 1. The first-order valence-corrected chi connectivity index (χ1v) is 12.6. The molecule has 10 heteroatoms. The van der Waals surface area contributed by atoms with Gasteiger partial charge in [0.15, 0.2) is 5.16 Å². The van der Waals surface area contributed by atoms with Crippen molar-refractivity contribution in [2.24, 2.45) is 0 Å². The number of furan rings is 1. The van der Waals surface area contributed by atoms with Gasteiger partial charge in [-0.25, -0.2) is 0 Å². The Labute approximate surface area is 202 Å². The molecule has 2 aliphatic heterocycles. The van der Waals surface area contributed by atoms with Crippen molar-refractivity contribution in [2.75, 3.05) is 34.0 Å². The van der Waals surface area contributed by atoms with Gasteiger partial charge < -0.3 is 19.5 Å². The van der Waals surface area contributed by atoms with Gasteiger partial charge in [0, 0.05) is 25.6 Å². The zero-order valence-corrected chi connectivity index (χ0v) is 20.0. The minimum atomic E-state index is -0.248. The number of rotatable bonds is 6. The largest absolute Gasteiger partial charge is 0.467 e. The Morgan fingerprint density at radius 2 is 1.97 bits per heavy atom. The van der Waals surface area contributed by atoms with Crippen molar-refractivity contribution in [3.63, 3.8) is 0 Å². The van der Waals surface area contributed by atoms with Crippen LogP contribution < -0.4 is 15.1 Å². The third-order valence-electron chi connectivity index (χ3n) is 6.18. The number of amides is 2. The molecule has 4 heterocycles. The summed E-state index contributed by atoms with van der Waals surface area (Å²) in [5, 5.41) is 12.5. The van der Waals surface area contributed by atoms with E-state index in [9.17, 15) is 9.59 Å². The van der Waals surface area contributed by atoms with Crippen LogP contribution in [-0.4, -0.2) is 51.5 Å². The van der Waals surface area contributed by atoms with E-state index in [-0.39, 0.29) is 30.0 Å². The predicted octanol–water partition coefficient (Wildman–Crippen LogP) is 3.77. The maximum atomic E-state index is 13.4. The maximum Gasteiger partial charge on any atom is 0.237 e. The number of anilines is 3. The van der Waals surface area contributed by atoms with Crippen molar-refractivity contribution in [2.45, 2.75) is 50.4 Å². The number of aromatic nitrogens is 3. The Kier molecular flexibility index (Phi) is 6.57. The lowest BCUT2D eigenvalue weighted by Crippen LogP contribution is -2.40. The van der Waals surface area contributed by atoms with E-state index in [1.165, 1.54) is 18.2 Å². The first kappa shape index (κ1) is 22.5. The van der Waals surface area contributed by atoms with Gasteiger partial charge in [0.25, 0.3) is 0 Å². The Morgan fingerprint density at radius 3 is 2.76 bits per heavy atom. The Morgan fingerprint density at radius 1 is 1.15 bits per heavy atom. The summed E-state index contributed by atoms with van der Waals surface area (Å²) in [5.74, 6) is 1.64. The number of hydrogen-bond acceptors (Lipinski definition) is 7. The molecule has 34 heavy (non-hydrogen) atoms. The lowest BCUT2D eigenvalue weighted by atomic mass is 10.1. The van der Waals surface area contributed by atoms with Gasteiger partial charge in [-0.1, -0.05) is 23.9 Å². The molecule has 2 aliphatic rings. The summed E-state index contributed by atoms with van der Waals surface area (Å²) >= 11 is 1.36. The number of benzene rings is 1. The van der Waals surface area contributed by atoms with Crippen molar-refractivity contribution in [3.05, 3.63) is 48.4 Å². The van der Waals surface area contributed by atoms with E-state index in [2.05, 4.69) is 20.4 Å². The standard InChI is InChI=1S/C24H28N6O3S/c1-17-14-21(31)25-19-9-3-4-10-20(19)30(17)22(32)16-34-24-27-26-23(28-11-5-2-6-12-28)29(24)15-18-8-7-13-33-18/h3-4,7-10,13,17H,2,5-6,11-12,14-16H2,1H3,(H,25,31). The minimum absolute atomic E-state index is 0.0754. The number of hydrogen-bond donors (Lipinski definition) is 1. The number of fused-ring (bicyclic) bond motifs is 1. The fourth-order valence-corrected chi connectivity index (χ4v) is 5.37. The summed E-state index contributed by atoms with van der Waals surface area (Å²) in [6.45, 7) is 4.30. The topological polar surface area (TPSA) is 96.5 Å². The Hall–Kier alpha value is -3.27. The van der Waals surface area contributed by atoms with E-state index in [1.54, 1.807) is 11.2 Å². The zero-order valence-electron chi connectivity index (χ0n) is 19.1. The van der Waals surface area contributed by atoms with Crippen molar-refractivity contribution in [1.82, 2.24) is 14.8 Å². The molecule has 3 aromatic rings. The van der Waals surface area contributed by atoms with Gasteiger partial charge >= 0.3 is 0 Å². The molecule has 1 atom stereocenters.